The first-order valence-corrected chi connectivity index (χ1v) is 7.06. The minimum Gasteiger partial charge on any atom is -0.303 e. The number of benzene rings is 1. The molecule has 0 radical (unpaired) electrons. The summed E-state index contributed by atoms with van der Waals surface area (Å²) < 4.78 is 0. The maximum atomic E-state index is 9.00. The zero-order valence-electron chi connectivity index (χ0n) is 11.9. The third-order valence-corrected chi connectivity index (χ3v) is 3.96. The quantitative estimate of drug-likeness (QED) is 0.828. The summed E-state index contributed by atoms with van der Waals surface area (Å²) >= 11 is 0. The Morgan fingerprint density at radius 2 is 2.00 bits per heavy atom. The smallest absolute Gasteiger partial charge is 0.0638 e. The SMILES string of the molecule is CC1CN(C)CC(CC#N)N1CCc1ccccc1. The van der Waals surface area contributed by atoms with Crippen molar-refractivity contribution >= 4 is 0 Å². The van der Waals surface area contributed by atoms with E-state index >= 15 is 0 Å². The van der Waals surface area contributed by atoms with Crippen LogP contribution in [0.15, 0.2) is 30.3 Å². The molecule has 102 valence electrons. The van der Waals surface area contributed by atoms with Gasteiger partial charge in [0, 0.05) is 31.7 Å². The van der Waals surface area contributed by atoms with Gasteiger partial charge in [0.15, 0.2) is 0 Å². The third kappa shape index (κ3) is 3.79. The number of rotatable bonds is 4. The van der Waals surface area contributed by atoms with Crippen LogP contribution < -0.4 is 0 Å². The molecule has 0 aliphatic carbocycles. The van der Waals surface area contributed by atoms with Gasteiger partial charge in [-0.15, -0.1) is 0 Å². The molecule has 2 atom stereocenters. The first-order chi connectivity index (χ1) is 9.20. The van der Waals surface area contributed by atoms with Crippen molar-refractivity contribution in [2.24, 2.45) is 0 Å². The van der Waals surface area contributed by atoms with E-state index in [1.807, 2.05) is 0 Å². The Morgan fingerprint density at radius 3 is 2.68 bits per heavy atom. The summed E-state index contributed by atoms with van der Waals surface area (Å²) in [4.78, 5) is 4.85. The molecule has 3 heteroatoms. The number of piperazine rings is 1. The van der Waals surface area contributed by atoms with Crippen LogP contribution in [0.5, 0.6) is 0 Å². The summed E-state index contributed by atoms with van der Waals surface area (Å²) in [5.41, 5.74) is 1.38. The van der Waals surface area contributed by atoms with Crippen molar-refractivity contribution in [1.29, 1.82) is 5.26 Å². The Kier molecular flexibility index (Phi) is 4.95. The average Bonchev–Trinajstić information content (AvgIpc) is 2.39. The van der Waals surface area contributed by atoms with Crippen LogP contribution in [-0.4, -0.2) is 48.6 Å². The fraction of sp³-hybridized carbons (Fsp3) is 0.562. The Morgan fingerprint density at radius 1 is 1.26 bits per heavy atom. The molecule has 1 aliphatic rings. The van der Waals surface area contributed by atoms with E-state index in [9.17, 15) is 0 Å². The van der Waals surface area contributed by atoms with E-state index in [2.05, 4.69) is 60.2 Å². The molecule has 19 heavy (non-hydrogen) atoms. The zero-order valence-corrected chi connectivity index (χ0v) is 11.9. The molecule has 2 rings (SSSR count). The van der Waals surface area contributed by atoms with Gasteiger partial charge < -0.3 is 4.90 Å². The third-order valence-electron chi connectivity index (χ3n) is 3.96. The molecule has 0 amide bonds. The van der Waals surface area contributed by atoms with Crippen molar-refractivity contribution in [2.45, 2.75) is 31.8 Å². The van der Waals surface area contributed by atoms with Crippen molar-refractivity contribution < 1.29 is 0 Å². The number of nitrogens with zero attached hydrogens (tertiary/aromatic N) is 3. The van der Waals surface area contributed by atoms with Crippen LogP contribution in [0.25, 0.3) is 0 Å². The van der Waals surface area contributed by atoms with E-state index in [0.29, 0.717) is 18.5 Å². The van der Waals surface area contributed by atoms with Crippen LogP contribution in [0.2, 0.25) is 0 Å². The van der Waals surface area contributed by atoms with Crippen molar-refractivity contribution in [3.8, 4) is 6.07 Å². The second-order valence-corrected chi connectivity index (χ2v) is 5.56. The van der Waals surface area contributed by atoms with Gasteiger partial charge in [0.25, 0.3) is 0 Å². The fourth-order valence-electron chi connectivity index (χ4n) is 3.05. The van der Waals surface area contributed by atoms with Crippen LogP contribution >= 0.6 is 0 Å². The summed E-state index contributed by atoms with van der Waals surface area (Å²) in [5, 5.41) is 9.00. The van der Waals surface area contributed by atoms with Crippen LogP contribution in [0.1, 0.15) is 18.9 Å². The molecular formula is C16H23N3. The molecule has 1 aliphatic heterocycles. The molecule has 0 saturated carbocycles. The molecule has 2 unspecified atom stereocenters. The van der Waals surface area contributed by atoms with Gasteiger partial charge >= 0.3 is 0 Å². The molecule has 3 nitrogen and oxygen atoms in total. The van der Waals surface area contributed by atoms with Gasteiger partial charge in [0.05, 0.1) is 12.5 Å². The molecule has 1 fully saturated rings. The van der Waals surface area contributed by atoms with Gasteiger partial charge in [-0.1, -0.05) is 30.3 Å². The van der Waals surface area contributed by atoms with Gasteiger partial charge in [-0.2, -0.15) is 5.26 Å². The van der Waals surface area contributed by atoms with E-state index in [1.54, 1.807) is 0 Å². The lowest BCUT2D eigenvalue weighted by Crippen LogP contribution is -2.56. The Hall–Kier alpha value is -1.37. The number of likely N-dealkylation sites (N-methyl/N-ethyl adjacent to an activating group) is 1. The standard InChI is InChI=1S/C16H23N3/c1-14-12-18(2)13-16(8-10-17)19(14)11-9-15-6-4-3-5-7-15/h3-7,14,16H,8-9,11-13H2,1-2H3. The summed E-state index contributed by atoms with van der Waals surface area (Å²) in [7, 11) is 2.15. The highest BCUT2D eigenvalue weighted by Crippen LogP contribution is 2.17. The summed E-state index contributed by atoms with van der Waals surface area (Å²) in [6.07, 6.45) is 1.69. The summed E-state index contributed by atoms with van der Waals surface area (Å²) in [6, 6.07) is 13.8. The first kappa shape index (κ1) is 14.0. The topological polar surface area (TPSA) is 30.3 Å². The predicted octanol–water partition coefficient (Wildman–Crippen LogP) is 2.15. The first-order valence-electron chi connectivity index (χ1n) is 7.06. The highest BCUT2D eigenvalue weighted by Gasteiger charge is 2.29. The van der Waals surface area contributed by atoms with Crippen LogP contribution in [-0.2, 0) is 6.42 Å². The predicted molar refractivity (Wildman–Crippen MR) is 77.8 cm³/mol. The lowest BCUT2D eigenvalue weighted by atomic mass is 10.0. The Labute approximate surface area is 116 Å². The molecule has 0 spiro atoms. The maximum Gasteiger partial charge on any atom is 0.0638 e. The molecule has 0 aromatic heterocycles. The molecule has 1 aromatic rings. The van der Waals surface area contributed by atoms with E-state index in [4.69, 9.17) is 5.26 Å². The second-order valence-electron chi connectivity index (χ2n) is 5.56. The highest BCUT2D eigenvalue weighted by molar-refractivity contribution is 5.15. The van der Waals surface area contributed by atoms with Crippen LogP contribution in [0.4, 0.5) is 0 Å². The molecule has 0 bridgehead atoms. The zero-order chi connectivity index (χ0) is 13.7. The van der Waals surface area contributed by atoms with Gasteiger partial charge in [0.1, 0.15) is 0 Å². The molecule has 1 saturated heterocycles. The molecular weight excluding hydrogens is 234 g/mol. The fourth-order valence-corrected chi connectivity index (χ4v) is 3.05. The summed E-state index contributed by atoms with van der Waals surface area (Å²) in [5.74, 6) is 0. The molecule has 1 aromatic carbocycles. The normalized spacial score (nSPS) is 25.1. The number of nitriles is 1. The lowest BCUT2D eigenvalue weighted by Gasteiger charge is -2.44. The largest absolute Gasteiger partial charge is 0.303 e. The number of hydrogen-bond donors (Lipinski definition) is 0. The van der Waals surface area contributed by atoms with E-state index < -0.39 is 0 Å². The van der Waals surface area contributed by atoms with E-state index in [1.165, 1.54) is 5.56 Å². The second kappa shape index (κ2) is 6.70. The van der Waals surface area contributed by atoms with Crippen molar-refractivity contribution in [3.63, 3.8) is 0 Å². The molecule has 0 N–H and O–H groups in total. The summed E-state index contributed by atoms with van der Waals surface area (Å²) in [6.45, 7) is 5.42. The van der Waals surface area contributed by atoms with E-state index in [-0.39, 0.29) is 0 Å². The minimum absolute atomic E-state index is 0.377. The maximum absolute atomic E-state index is 9.00. The van der Waals surface area contributed by atoms with Gasteiger partial charge in [0.2, 0.25) is 0 Å². The van der Waals surface area contributed by atoms with Gasteiger partial charge in [-0.05, 0) is 26.0 Å². The van der Waals surface area contributed by atoms with Crippen molar-refractivity contribution in [3.05, 3.63) is 35.9 Å². The minimum atomic E-state index is 0.377. The van der Waals surface area contributed by atoms with Crippen LogP contribution in [0, 0.1) is 11.3 Å². The van der Waals surface area contributed by atoms with Crippen molar-refractivity contribution in [1.82, 2.24) is 9.80 Å². The lowest BCUT2D eigenvalue weighted by molar-refractivity contribution is 0.0467. The monoisotopic (exact) mass is 257 g/mol. The molecule has 1 heterocycles. The van der Waals surface area contributed by atoms with Crippen LogP contribution in [0.3, 0.4) is 0 Å². The van der Waals surface area contributed by atoms with Gasteiger partial charge in [-0.25, -0.2) is 0 Å². The average molecular weight is 257 g/mol. The Balaban J connectivity index is 1.97. The Bertz CT molecular complexity index is 423. The van der Waals surface area contributed by atoms with E-state index in [0.717, 1.165) is 26.1 Å². The van der Waals surface area contributed by atoms with Gasteiger partial charge in [-0.3, -0.25) is 4.90 Å². The van der Waals surface area contributed by atoms with Crippen molar-refractivity contribution in [2.75, 3.05) is 26.7 Å². The number of hydrogen-bond acceptors (Lipinski definition) is 3. The highest BCUT2D eigenvalue weighted by atomic mass is 15.3.